The molecule has 0 atom stereocenters. The highest BCUT2D eigenvalue weighted by Gasteiger charge is 2.30. The maximum Gasteiger partial charge on any atom is 0.185 e. The first kappa shape index (κ1) is 14.3. The van der Waals surface area contributed by atoms with Gasteiger partial charge in [-0.2, -0.15) is 0 Å². The lowest BCUT2D eigenvalue weighted by atomic mass is 10.1. The van der Waals surface area contributed by atoms with Crippen LogP contribution < -0.4 is 10.2 Å². The molecule has 1 aromatic heterocycles. The summed E-state index contributed by atoms with van der Waals surface area (Å²) >= 11 is 1.87. The highest BCUT2D eigenvalue weighted by Crippen LogP contribution is 2.36. The van der Waals surface area contributed by atoms with E-state index in [1.807, 2.05) is 11.3 Å². The second-order valence-corrected chi connectivity index (χ2v) is 8.60. The molecule has 2 fully saturated rings. The predicted molar refractivity (Wildman–Crippen MR) is 86.4 cm³/mol. The number of rotatable bonds is 7. The Balaban J connectivity index is 1.59. The van der Waals surface area contributed by atoms with E-state index in [1.165, 1.54) is 48.8 Å². The number of nitrogens with one attached hydrogen (secondary N) is 1. The molecule has 1 N–H and O–H groups in total. The largest absolute Gasteiger partial charge is 0.348 e. The second kappa shape index (κ2) is 5.64. The Kier molecular flexibility index (Phi) is 4.04. The molecule has 2 aliphatic carbocycles. The summed E-state index contributed by atoms with van der Waals surface area (Å²) in [5.41, 5.74) is 0.172. The molecule has 0 unspecified atom stereocenters. The molecule has 1 aromatic rings. The number of anilines is 1. The van der Waals surface area contributed by atoms with E-state index in [2.05, 4.69) is 42.2 Å². The Labute approximate surface area is 126 Å². The van der Waals surface area contributed by atoms with Crippen LogP contribution in [0.15, 0.2) is 6.20 Å². The van der Waals surface area contributed by atoms with Crippen LogP contribution in [0.5, 0.6) is 0 Å². The highest BCUT2D eigenvalue weighted by molar-refractivity contribution is 7.15. The minimum atomic E-state index is 0.172. The first-order valence-electron chi connectivity index (χ1n) is 7.94. The Morgan fingerprint density at radius 1 is 1.20 bits per heavy atom. The van der Waals surface area contributed by atoms with E-state index in [0.717, 1.165) is 18.4 Å². The molecular weight excluding hydrogens is 266 g/mol. The topological polar surface area (TPSA) is 28.2 Å². The summed E-state index contributed by atoms with van der Waals surface area (Å²) in [6, 6.07) is 0. The molecule has 1 heterocycles. The SMILES string of the molecule is CC(C)(C)NCc1cnc(N(CC2CC2)CC2CC2)s1. The zero-order valence-corrected chi connectivity index (χ0v) is 13.8. The average Bonchev–Trinajstić information content (AvgIpc) is 3.28. The van der Waals surface area contributed by atoms with Crippen LogP contribution >= 0.6 is 11.3 Å². The monoisotopic (exact) mass is 293 g/mol. The normalized spacial score (nSPS) is 19.4. The van der Waals surface area contributed by atoms with Crippen LogP contribution in [0.1, 0.15) is 51.3 Å². The Morgan fingerprint density at radius 3 is 2.30 bits per heavy atom. The lowest BCUT2D eigenvalue weighted by Crippen LogP contribution is -2.34. The molecule has 4 heteroatoms. The third kappa shape index (κ3) is 4.45. The number of aromatic nitrogens is 1. The zero-order chi connectivity index (χ0) is 14.2. The van der Waals surface area contributed by atoms with Crippen molar-refractivity contribution in [2.75, 3.05) is 18.0 Å². The summed E-state index contributed by atoms with van der Waals surface area (Å²) < 4.78 is 0. The summed E-state index contributed by atoms with van der Waals surface area (Å²) in [4.78, 5) is 8.59. The fraction of sp³-hybridized carbons (Fsp3) is 0.812. The number of hydrogen-bond donors (Lipinski definition) is 1. The van der Waals surface area contributed by atoms with Crippen molar-refractivity contribution in [1.82, 2.24) is 10.3 Å². The molecule has 0 saturated heterocycles. The molecule has 0 spiro atoms. The molecule has 2 aliphatic rings. The van der Waals surface area contributed by atoms with Gasteiger partial charge >= 0.3 is 0 Å². The third-order valence-corrected chi connectivity index (χ3v) is 5.01. The molecule has 0 aromatic carbocycles. The highest BCUT2D eigenvalue weighted by atomic mass is 32.1. The molecule has 3 nitrogen and oxygen atoms in total. The standard InChI is InChI=1S/C16H27N3S/c1-16(2,3)18-9-14-8-17-15(20-14)19(10-12-4-5-12)11-13-6-7-13/h8,12-13,18H,4-7,9-11H2,1-3H3. The van der Waals surface area contributed by atoms with E-state index < -0.39 is 0 Å². The molecule has 20 heavy (non-hydrogen) atoms. The van der Waals surface area contributed by atoms with Crippen molar-refractivity contribution in [3.05, 3.63) is 11.1 Å². The van der Waals surface area contributed by atoms with Gasteiger partial charge in [0.05, 0.1) is 0 Å². The Bertz CT molecular complexity index is 427. The van der Waals surface area contributed by atoms with Gasteiger partial charge in [-0.15, -0.1) is 11.3 Å². The van der Waals surface area contributed by atoms with Crippen LogP contribution in [0.25, 0.3) is 0 Å². The third-order valence-electron chi connectivity index (χ3n) is 3.96. The lowest BCUT2D eigenvalue weighted by Gasteiger charge is -2.21. The smallest absolute Gasteiger partial charge is 0.185 e. The minimum Gasteiger partial charge on any atom is -0.348 e. The Hall–Kier alpha value is -0.610. The van der Waals surface area contributed by atoms with Crippen molar-refractivity contribution in [2.24, 2.45) is 11.8 Å². The summed E-state index contributed by atoms with van der Waals surface area (Å²) in [5.74, 6) is 1.88. The van der Waals surface area contributed by atoms with E-state index in [-0.39, 0.29) is 5.54 Å². The quantitative estimate of drug-likeness (QED) is 0.831. The fourth-order valence-corrected chi connectivity index (χ4v) is 3.20. The van der Waals surface area contributed by atoms with Crippen molar-refractivity contribution in [2.45, 2.75) is 58.5 Å². The van der Waals surface area contributed by atoms with Crippen molar-refractivity contribution in [1.29, 1.82) is 0 Å². The minimum absolute atomic E-state index is 0.172. The van der Waals surface area contributed by atoms with Gasteiger partial charge in [0.15, 0.2) is 5.13 Å². The van der Waals surface area contributed by atoms with E-state index in [1.54, 1.807) is 0 Å². The van der Waals surface area contributed by atoms with Crippen LogP contribution in [0.2, 0.25) is 0 Å². The van der Waals surface area contributed by atoms with Crippen molar-refractivity contribution < 1.29 is 0 Å². The molecule has 112 valence electrons. The van der Waals surface area contributed by atoms with Gasteiger partial charge in [0.25, 0.3) is 0 Å². The van der Waals surface area contributed by atoms with Gasteiger partial charge in [-0.1, -0.05) is 0 Å². The molecule has 0 amide bonds. The molecule has 3 rings (SSSR count). The van der Waals surface area contributed by atoms with Gasteiger partial charge in [-0.3, -0.25) is 0 Å². The van der Waals surface area contributed by atoms with Gasteiger partial charge in [0.1, 0.15) is 0 Å². The first-order chi connectivity index (χ1) is 9.49. The number of hydrogen-bond acceptors (Lipinski definition) is 4. The van der Waals surface area contributed by atoms with Gasteiger partial charge in [-0.25, -0.2) is 4.98 Å². The van der Waals surface area contributed by atoms with Gasteiger partial charge < -0.3 is 10.2 Å². The fourth-order valence-electron chi connectivity index (χ4n) is 2.33. The maximum atomic E-state index is 4.68. The molecule has 2 saturated carbocycles. The summed E-state index contributed by atoms with van der Waals surface area (Å²) in [5, 5.41) is 4.79. The molecule has 0 radical (unpaired) electrons. The average molecular weight is 293 g/mol. The summed E-state index contributed by atoms with van der Waals surface area (Å²) in [7, 11) is 0. The van der Waals surface area contributed by atoms with Gasteiger partial charge in [-0.05, 0) is 58.3 Å². The van der Waals surface area contributed by atoms with E-state index in [0.29, 0.717) is 0 Å². The van der Waals surface area contributed by atoms with Crippen LogP contribution in [0, 0.1) is 11.8 Å². The second-order valence-electron chi connectivity index (χ2n) is 7.50. The zero-order valence-electron chi connectivity index (χ0n) is 13.0. The van der Waals surface area contributed by atoms with Crippen LogP contribution in [0.3, 0.4) is 0 Å². The van der Waals surface area contributed by atoms with Crippen LogP contribution in [-0.2, 0) is 6.54 Å². The van der Waals surface area contributed by atoms with Crippen LogP contribution in [0.4, 0.5) is 5.13 Å². The predicted octanol–water partition coefficient (Wildman–Crippen LogP) is 3.66. The van der Waals surface area contributed by atoms with Crippen molar-refractivity contribution in [3.63, 3.8) is 0 Å². The number of thiazole rings is 1. The molecule has 0 bridgehead atoms. The molecule has 0 aliphatic heterocycles. The van der Waals surface area contributed by atoms with E-state index >= 15 is 0 Å². The van der Waals surface area contributed by atoms with Crippen LogP contribution in [-0.4, -0.2) is 23.6 Å². The molecular formula is C16H27N3S. The van der Waals surface area contributed by atoms with Gasteiger partial charge in [0.2, 0.25) is 0 Å². The van der Waals surface area contributed by atoms with Crippen molar-refractivity contribution >= 4 is 16.5 Å². The maximum absolute atomic E-state index is 4.68. The van der Waals surface area contributed by atoms with E-state index in [4.69, 9.17) is 0 Å². The van der Waals surface area contributed by atoms with E-state index in [9.17, 15) is 0 Å². The first-order valence-corrected chi connectivity index (χ1v) is 8.76. The lowest BCUT2D eigenvalue weighted by molar-refractivity contribution is 0.426. The summed E-state index contributed by atoms with van der Waals surface area (Å²) in [6.07, 6.45) is 7.75. The Morgan fingerprint density at radius 2 is 1.80 bits per heavy atom. The number of nitrogens with zero attached hydrogens (tertiary/aromatic N) is 2. The van der Waals surface area contributed by atoms with Gasteiger partial charge in [0, 0.05) is 36.2 Å². The summed E-state index contributed by atoms with van der Waals surface area (Å²) in [6.45, 7) is 10.0. The van der Waals surface area contributed by atoms with Crippen molar-refractivity contribution in [3.8, 4) is 0 Å².